The lowest BCUT2D eigenvalue weighted by molar-refractivity contribution is -0.120. The number of rotatable bonds is 1. The Bertz CT molecular complexity index is 154. The summed E-state index contributed by atoms with van der Waals surface area (Å²) in [6, 6.07) is 0. The van der Waals surface area contributed by atoms with Gasteiger partial charge in [-0.05, 0) is 0 Å². The maximum atomic E-state index is 9.92. The van der Waals surface area contributed by atoms with Gasteiger partial charge in [0.05, 0.1) is 0 Å². The van der Waals surface area contributed by atoms with E-state index < -0.39 is 7.82 Å². The average molecular weight is 185 g/mol. The molecule has 0 aromatic carbocycles. The maximum Gasteiger partial charge on any atom is 0.466 e. The summed E-state index contributed by atoms with van der Waals surface area (Å²) in [5, 5.41) is 0. The fourth-order valence-electron chi connectivity index (χ4n) is 0. The van der Waals surface area contributed by atoms with Gasteiger partial charge in [0, 0.05) is 5.92 Å². The van der Waals surface area contributed by atoms with Crippen LogP contribution in [0.5, 0.6) is 0 Å². The van der Waals surface area contributed by atoms with Crippen LogP contribution in [0.4, 0.5) is 0 Å². The van der Waals surface area contributed by atoms with Gasteiger partial charge in [-0.3, -0.25) is 4.79 Å². The molecule has 0 fully saturated rings. The number of carbonyl (C=O) groups is 1. The molecule has 0 spiro atoms. The number of phosphoric acid groups is 1. The number of carbonyl (C=O) groups excluding carboxylic acids is 1. The van der Waals surface area contributed by atoms with Crippen molar-refractivity contribution in [2.24, 2.45) is 11.7 Å². The van der Waals surface area contributed by atoms with Crippen molar-refractivity contribution in [1.29, 1.82) is 0 Å². The van der Waals surface area contributed by atoms with Gasteiger partial charge in [0.25, 0.3) is 0 Å². The van der Waals surface area contributed by atoms with Crippen molar-refractivity contribution < 1.29 is 24.0 Å². The molecule has 0 aliphatic carbocycles. The molecule has 0 bridgehead atoms. The van der Waals surface area contributed by atoms with E-state index in [0.717, 1.165) is 0 Å². The highest BCUT2D eigenvalue weighted by Crippen LogP contribution is 2.25. The Morgan fingerprint density at radius 3 is 1.45 bits per heavy atom. The quantitative estimate of drug-likeness (QED) is 0.398. The normalized spacial score (nSPS) is 10.4. The van der Waals surface area contributed by atoms with Crippen LogP contribution >= 0.6 is 7.82 Å². The summed E-state index contributed by atoms with van der Waals surface area (Å²) in [6.07, 6.45) is 0. The molecule has 6 nitrogen and oxygen atoms in total. The zero-order valence-corrected chi connectivity index (χ0v) is 7.15. The van der Waals surface area contributed by atoms with Gasteiger partial charge < -0.3 is 20.4 Å². The van der Waals surface area contributed by atoms with Crippen LogP contribution in [-0.4, -0.2) is 20.6 Å². The van der Waals surface area contributed by atoms with Crippen molar-refractivity contribution in [3.8, 4) is 0 Å². The van der Waals surface area contributed by atoms with Crippen molar-refractivity contribution in [1.82, 2.24) is 0 Å². The molecule has 68 valence electrons. The Labute approximate surface area is 64.3 Å². The molecule has 0 saturated carbocycles. The summed E-state index contributed by atoms with van der Waals surface area (Å²) in [5.74, 6) is -0.250. The lowest BCUT2D eigenvalue weighted by atomic mass is 10.2. The minimum Gasteiger partial charge on any atom is -0.369 e. The average Bonchev–Trinajstić information content (AvgIpc) is 1.59. The second-order valence-electron chi connectivity index (χ2n) is 2.07. The molecule has 0 radical (unpaired) electrons. The SMILES string of the molecule is CC(C)C(N)=O.O=P(O)(O)O. The van der Waals surface area contributed by atoms with Gasteiger partial charge >= 0.3 is 7.82 Å². The molecule has 0 rings (SSSR count). The third kappa shape index (κ3) is 42.9. The van der Waals surface area contributed by atoms with Crippen molar-refractivity contribution in [3.63, 3.8) is 0 Å². The molecule has 0 aromatic heterocycles. The molecule has 1 amide bonds. The third-order valence-corrected chi connectivity index (χ3v) is 0.569. The van der Waals surface area contributed by atoms with Gasteiger partial charge in [-0.15, -0.1) is 0 Å². The lowest BCUT2D eigenvalue weighted by Crippen LogP contribution is -2.17. The zero-order chi connectivity index (χ0) is 9.65. The van der Waals surface area contributed by atoms with Gasteiger partial charge in [-0.1, -0.05) is 13.8 Å². The topological polar surface area (TPSA) is 121 Å². The van der Waals surface area contributed by atoms with Crippen LogP contribution in [0.3, 0.4) is 0 Å². The van der Waals surface area contributed by atoms with Crippen molar-refractivity contribution in [2.45, 2.75) is 13.8 Å². The molecule has 0 aliphatic heterocycles. The van der Waals surface area contributed by atoms with Gasteiger partial charge in [0.15, 0.2) is 0 Å². The van der Waals surface area contributed by atoms with Crippen LogP contribution in [0.2, 0.25) is 0 Å². The van der Waals surface area contributed by atoms with Crippen LogP contribution < -0.4 is 5.73 Å². The number of primary amides is 1. The molecule has 0 aliphatic rings. The van der Waals surface area contributed by atoms with Crippen LogP contribution in [0.1, 0.15) is 13.8 Å². The number of nitrogens with two attached hydrogens (primary N) is 1. The highest BCUT2D eigenvalue weighted by molar-refractivity contribution is 7.45. The van der Waals surface area contributed by atoms with E-state index in [2.05, 4.69) is 0 Å². The summed E-state index contributed by atoms with van der Waals surface area (Å²) in [6.45, 7) is 3.53. The van der Waals surface area contributed by atoms with Crippen LogP contribution in [0.25, 0.3) is 0 Å². The first kappa shape index (κ1) is 13.2. The fraction of sp³-hybridized carbons (Fsp3) is 0.750. The second-order valence-corrected chi connectivity index (χ2v) is 3.10. The molecule has 0 aromatic rings. The van der Waals surface area contributed by atoms with Gasteiger partial charge in [0.2, 0.25) is 5.91 Å². The minimum atomic E-state index is -4.64. The standard InChI is InChI=1S/C4H9NO.H3O4P/c1-3(2)4(5)6;1-5(2,3)4/h3H,1-2H3,(H2,5,6);(H3,1,2,3,4). The first-order valence-electron chi connectivity index (χ1n) is 2.72. The van der Waals surface area contributed by atoms with E-state index in [9.17, 15) is 4.79 Å². The second kappa shape index (κ2) is 5.26. The van der Waals surface area contributed by atoms with E-state index in [0.29, 0.717) is 0 Å². The van der Waals surface area contributed by atoms with E-state index >= 15 is 0 Å². The van der Waals surface area contributed by atoms with E-state index in [-0.39, 0.29) is 11.8 Å². The Morgan fingerprint density at radius 1 is 1.36 bits per heavy atom. The summed E-state index contributed by atoms with van der Waals surface area (Å²) in [4.78, 5) is 31.5. The van der Waals surface area contributed by atoms with Crippen LogP contribution in [0, 0.1) is 5.92 Å². The van der Waals surface area contributed by atoms with Crippen LogP contribution in [0.15, 0.2) is 0 Å². The van der Waals surface area contributed by atoms with Gasteiger partial charge in [-0.25, -0.2) is 4.57 Å². The number of amides is 1. The largest absolute Gasteiger partial charge is 0.466 e. The molecule has 0 saturated heterocycles. The summed E-state index contributed by atoms with van der Waals surface area (Å²) < 4.78 is 8.88. The van der Waals surface area contributed by atoms with Crippen molar-refractivity contribution >= 4 is 13.7 Å². The van der Waals surface area contributed by atoms with Gasteiger partial charge in [0.1, 0.15) is 0 Å². The first-order chi connectivity index (χ1) is 4.64. The Kier molecular flexibility index (Phi) is 6.31. The number of hydrogen-bond donors (Lipinski definition) is 4. The van der Waals surface area contributed by atoms with Gasteiger partial charge in [-0.2, -0.15) is 0 Å². The molecule has 0 atom stereocenters. The Morgan fingerprint density at radius 2 is 1.45 bits per heavy atom. The van der Waals surface area contributed by atoms with Crippen molar-refractivity contribution in [2.75, 3.05) is 0 Å². The zero-order valence-electron chi connectivity index (χ0n) is 6.26. The minimum absolute atomic E-state index is 0.00926. The first-order valence-corrected chi connectivity index (χ1v) is 4.28. The fourth-order valence-corrected chi connectivity index (χ4v) is 0. The highest BCUT2D eigenvalue weighted by Gasteiger charge is 2.00. The predicted octanol–water partition coefficient (Wildman–Crippen LogP) is -0.801. The molecule has 5 N–H and O–H groups in total. The summed E-state index contributed by atoms with van der Waals surface area (Å²) in [5.41, 5.74) is 4.80. The molecule has 7 heteroatoms. The molecular weight excluding hydrogens is 173 g/mol. The molecular formula is C4H12NO5P. The van der Waals surface area contributed by atoms with E-state index in [4.69, 9.17) is 25.0 Å². The monoisotopic (exact) mass is 185 g/mol. The maximum absolute atomic E-state index is 9.92. The summed E-state index contributed by atoms with van der Waals surface area (Å²) in [7, 11) is -4.64. The third-order valence-electron chi connectivity index (χ3n) is 0.569. The number of hydrogen-bond acceptors (Lipinski definition) is 2. The highest BCUT2D eigenvalue weighted by atomic mass is 31.2. The summed E-state index contributed by atoms with van der Waals surface area (Å²) >= 11 is 0. The van der Waals surface area contributed by atoms with E-state index in [1.54, 1.807) is 13.8 Å². The Hall–Kier alpha value is -0.420. The Balaban J connectivity index is 0. The lowest BCUT2D eigenvalue weighted by Gasteiger charge is -1.90. The molecule has 0 unspecified atom stereocenters. The molecule has 0 heterocycles. The van der Waals surface area contributed by atoms with Crippen LogP contribution in [-0.2, 0) is 9.36 Å². The van der Waals surface area contributed by atoms with Crippen molar-refractivity contribution in [3.05, 3.63) is 0 Å². The smallest absolute Gasteiger partial charge is 0.369 e. The predicted molar refractivity (Wildman–Crippen MR) is 38.3 cm³/mol. The molecule has 11 heavy (non-hydrogen) atoms. The van der Waals surface area contributed by atoms with E-state index in [1.807, 2.05) is 0 Å². The van der Waals surface area contributed by atoms with E-state index in [1.165, 1.54) is 0 Å².